The van der Waals surface area contributed by atoms with E-state index in [1.807, 2.05) is 34.7 Å². The van der Waals surface area contributed by atoms with Gasteiger partial charge < -0.3 is 5.41 Å². The maximum absolute atomic E-state index is 6.95. The minimum absolute atomic E-state index is 0.435. The average Bonchev–Trinajstić information content (AvgIpc) is 2.03. The number of rotatable bonds is 2. The van der Waals surface area contributed by atoms with Gasteiger partial charge in [0.05, 0.1) is 0 Å². The third-order valence-electron chi connectivity index (χ3n) is 2.05. The molecule has 0 saturated carbocycles. The molecule has 0 saturated heterocycles. The average molecular weight is 184 g/mol. The first-order valence-electron chi connectivity index (χ1n) is 4.81. The topological polar surface area (TPSA) is 36.2 Å². The van der Waals surface area contributed by atoms with Crippen LogP contribution in [0.4, 0.5) is 0 Å². The highest BCUT2D eigenvalue weighted by atomic mass is 14.7. The maximum atomic E-state index is 6.95. The summed E-state index contributed by atoms with van der Waals surface area (Å²) in [6.45, 7) is 12.2. The van der Waals surface area contributed by atoms with Crippen molar-refractivity contribution in [1.29, 1.82) is 5.41 Å². The van der Waals surface area contributed by atoms with Crippen LogP contribution in [0.3, 0.4) is 0 Å². The molecule has 0 aliphatic rings. The second-order valence-electron chi connectivity index (χ2n) is 3.86. The van der Waals surface area contributed by atoms with Crippen LogP contribution in [0.2, 0.25) is 0 Å². The molecule has 0 radical (unpaired) electrons. The number of hydrogen-bond acceptors (Lipinski definition) is 2. The molecule has 1 N–H and O–H groups in total. The number of nitrogens with one attached hydrogen (secondary N) is 1. The van der Waals surface area contributed by atoms with Crippen LogP contribution < -0.4 is 0 Å². The van der Waals surface area contributed by atoms with Crippen LogP contribution in [0.15, 0.2) is 4.99 Å². The fourth-order valence-electron chi connectivity index (χ4n) is 0.258. The highest BCUT2D eigenvalue weighted by Gasteiger charge is 1.92. The summed E-state index contributed by atoms with van der Waals surface area (Å²) in [5.41, 5.74) is 1.98. The van der Waals surface area contributed by atoms with Crippen LogP contribution in [-0.4, -0.2) is 18.5 Å². The van der Waals surface area contributed by atoms with Crippen molar-refractivity contribution in [3.8, 4) is 0 Å². The highest BCUT2D eigenvalue weighted by molar-refractivity contribution is 5.83. The third-order valence-corrected chi connectivity index (χ3v) is 2.05. The second-order valence-corrected chi connectivity index (χ2v) is 3.86. The molecule has 2 nitrogen and oxygen atoms in total. The molecule has 0 amide bonds. The Morgan fingerprint density at radius 1 is 1.00 bits per heavy atom. The summed E-state index contributed by atoms with van der Waals surface area (Å²) in [5.74, 6) is 1.05. The predicted octanol–water partition coefficient (Wildman–Crippen LogP) is 3.42. The van der Waals surface area contributed by atoms with Crippen LogP contribution >= 0.6 is 0 Å². The molecule has 0 aromatic heterocycles. The van der Waals surface area contributed by atoms with E-state index < -0.39 is 0 Å². The van der Waals surface area contributed by atoms with Crippen molar-refractivity contribution in [3.63, 3.8) is 0 Å². The van der Waals surface area contributed by atoms with Gasteiger partial charge in [-0.05, 0) is 25.7 Å². The lowest BCUT2D eigenvalue weighted by atomic mass is 10.1. The minimum atomic E-state index is 0.435. The van der Waals surface area contributed by atoms with Gasteiger partial charge in [0.25, 0.3) is 0 Å². The smallest absolute Gasteiger partial charge is 0.0276 e. The standard InChI is InChI=1S/C6H13N.C5H11N/c1-5(2)6(3)7-4;1-4(2)5(3)6/h5H,1-4H3;4,6H,1-3H3. The van der Waals surface area contributed by atoms with Gasteiger partial charge in [0.1, 0.15) is 0 Å². The number of hydrogen-bond donors (Lipinski definition) is 1. The molecule has 0 unspecified atom stereocenters. The Bertz CT molecular complexity index is 167. The molecular weight excluding hydrogens is 160 g/mol. The van der Waals surface area contributed by atoms with Crippen molar-refractivity contribution in [2.45, 2.75) is 41.5 Å². The van der Waals surface area contributed by atoms with Crippen LogP contribution in [0.5, 0.6) is 0 Å². The Balaban J connectivity index is 0. The van der Waals surface area contributed by atoms with Gasteiger partial charge >= 0.3 is 0 Å². The summed E-state index contributed by atoms with van der Waals surface area (Å²) >= 11 is 0. The minimum Gasteiger partial charge on any atom is -0.310 e. The summed E-state index contributed by atoms with van der Waals surface area (Å²) in [4.78, 5) is 4.00. The van der Waals surface area contributed by atoms with Crippen LogP contribution in [0.25, 0.3) is 0 Å². The fraction of sp³-hybridized carbons (Fsp3) is 0.818. The summed E-state index contributed by atoms with van der Waals surface area (Å²) in [6, 6.07) is 0. The van der Waals surface area contributed by atoms with Gasteiger partial charge in [-0.15, -0.1) is 0 Å². The molecular formula is C11H24N2. The predicted molar refractivity (Wildman–Crippen MR) is 62.1 cm³/mol. The van der Waals surface area contributed by atoms with E-state index in [0.29, 0.717) is 11.8 Å². The first-order chi connectivity index (χ1) is 5.82. The van der Waals surface area contributed by atoms with E-state index >= 15 is 0 Å². The van der Waals surface area contributed by atoms with E-state index in [-0.39, 0.29) is 0 Å². The van der Waals surface area contributed by atoms with Gasteiger partial charge in [-0.2, -0.15) is 0 Å². The molecule has 13 heavy (non-hydrogen) atoms. The van der Waals surface area contributed by atoms with Crippen LogP contribution in [0.1, 0.15) is 41.5 Å². The van der Waals surface area contributed by atoms with Gasteiger partial charge in [-0.25, -0.2) is 0 Å². The summed E-state index contributed by atoms with van der Waals surface area (Å²) in [7, 11) is 1.83. The van der Waals surface area contributed by atoms with Gasteiger partial charge in [0, 0.05) is 18.5 Å². The highest BCUT2D eigenvalue weighted by Crippen LogP contribution is 1.93. The Labute approximate surface area is 83.0 Å². The van der Waals surface area contributed by atoms with Crippen molar-refractivity contribution in [2.75, 3.05) is 7.05 Å². The monoisotopic (exact) mass is 184 g/mol. The van der Waals surface area contributed by atoms with Gasteiger partial charge in [0.15, 0.2) is 0 Å². The Morgan fingerprint density at radius 2 is 1.31 bits per heavy atom. The molecule has 0 aromatic rings. The second kappa shape index (κ2) is 7.96. The zero-order valence-corrected chi connectivity index (χ0v) is 10.1. The van der Waals surface area contributed by atoms with Gasteiger partial charge in [-0.1, -0.05) is 27.7 Å². The van der Waals surface area contributed by atoms with Crippen molar-refractivity contribution in [3.05, 3.63) is 0 Å². The van der Waals surface area contributed by atoms with E-state index in [1.165, 1.54) is 5.71 Å². The van der Waals surface area contributed by atoms with Crippen molar-refractivity contribution in [2.24, 2.45) is 16.8 Å². The molecule has 0 spiro atoms. The largest absolute Gasteiger partial charge is 0.310 e. The molecule has 0 atom stereocenters. The van der Waals surface area contributed by atoms with Crippen LogP contribution in [0, 0.1) is 17.2 Å². The van der Waals surface area contributed by atoms with Crippen LogP contribution in [-0.2, 0) is 0 Å². The molecule has 0 aliphatic carbocycles. The quantitative estimate of drug-likeness (QED) is 0.638. The molecule has 2 heteroatoms. The molecule has 0 fully saturated rings. The zero-order chi connectivity index (χ0) is 11.0. The maximum Gasteiger partial charge on any atom is 0.0276 e. The third kappa shape index (κ3) is 11.3. The molecule has 0 rings (SSSR count). The Kier molecular flexibility index (Phi) is 9.09. The van der Waals surface area contributed by atoms with Crippen molar-refractivity contribution in [1.82, 2.24) is 0 Å². The number of nitrogens with zero attached hydrogens (tertiary/aromatic N) is 1. The molecule has 0 bridgehead atoms. The Hall–Kier alpha value is -0.660. The lowest BCUT2D eigenvalue weighted by Crippen LogP contribution is -1.99. The summed E-state index contributed by atoms with van der Waals surface area (Å²) in [6.07, 6.45) is 0. The van der Waals surface area contributed by atoms with Crippen molar-refractivity contribution < 1.29 is 0 Å². The lowest BCUT2D eigenvalue weighted by molar-refractivity contribution is 0.871. The zero-order valence-electron chi connectivity index (χ0n) is 10.1. The molecule has 78 valence electrons. The summed E-state index contributed by atoms with van der Waals surface area (Å²) in [5, 5.41) is 6.95. The van der Waals surface area contributed by atoms with Crippen molar-refractivity contribution >= 4 is 11.4 Å². The molecule has 0 aromatic carbocycles. The normalized spacial score (nSPS) is 11.3. The molecule has 0 heterocycles. The van der Waals surface area contributed by atoms with Gasteiger partial charge in [-0.3, -0.25) is 4.99 Å². The lowest BCUT2D eigenvalue weighted by Gasteiger charge is -1.98. The first kappa shape index (κ1) is 14.8. The fourth-order valence-corrected chi connectivity index (χ4v) is 0.258. The summed E-state index contributed by atoms with van der Waals surface area (Å²) < 4.78 is 0. The van der Waals surface area contributed by atoms with E-state index in [9.17, 15) is 0 Å². The van der Waals surface area contributed by atoms with E-state index in [2.05, 4.69) is 18.8 Å². The first-order valence-corrected chi connectivity index (χ1v) is 4.81. The Morgan fingerprint density at radius 3 is 1.31 bits per heavy atom. The SMILES string of the molecule is CC(=N)C(C)C.CN=C(C)C(C)C. The van der Waals surface area contributed by atoms with E-state index in [1.54, 1.807) is 0 Å². The molecule has 0 aliphatic heterocycles. The van der Waals surface area contributed by atoms with Gasteiger partial charge in [0.2, 0.25) is 0 Å². The number of aliphatic imine (C=N–C) groups is 1. The van der Waals surface area contributed by atoms with E-state index in [0.717, 1.165) is 5.71 Å². The van der Waals surface area contributed by atoms with E-state index in [4.69, 9.17) is 5.41 Å².